The van der Waals surface area contributed by atoms with Crippen molar-refractivity contribution >= 4 is 6.03 Å². The largest absolute Gasteiger partial charge is 0.493 e. The lowest BCUT2D eigenvalue weighted by molar-refractivity contribution is 0.194. The van der Waals surface area contributed by atoms with Gasteiger partial charge in [0.1, 0.15) is 5.75 Å². The maximum Gasteiger partial charge on any atom is 0.317 e. The van der Waals surface area contributed by atoms with E-state index < -0.39 is 0 Å². The standard InChI is InChI=1S/C16H20N4O2/c1-19(10-12-9-17-20(2)11-12)16(21)18-14-7-8-22-15-6-4-3-5-13(14)15/h3-6,9,11,14H,7-8,10H2,1-2H3,(H,18,21)/t14-/m0/s1. The van der Waals surface area contributed by atoms with Crippen LogP contribution in [0.1, 0.15) is 23.6 Å². The number of aromatic nitrogens is 2. The van der Waals surface area contributed by atoms with Crippen LogP contribution >= 0.6 is 0 Å². The smallest absolute Gasteiger partial charge is 0.317 e. The molecule has 1 aromatic carbocycles. The Balaban J connectivity index is 1.64. The zero-order valence-electron chi connectivity index (χ0n) is 12.8. The number of ether oxygens (including phenoxy) is 1. The van der Waals surface area contributed by atoms with E-state index in [1.807, 2.05) is 37.5 Å². The van der Waals surface area contributed by atoms with Gasteiger partial charge in [-0.05, 0) is 6.07 Å². The van der Waals surface area contributed by atoms with Crippen LogP contribution in [-0.2, 0) is 13.6 Å². The molecule has 0 fully saturated rings. The number of urea groups is 1. The summed E-state index contributed by atoms with van der Waals surface area (Å²) in [5.41, 5.74) is 2.05. The third-order valence-electron chi connectivity index (χ3n) is 3.78. The molecule has 0 saturated heterocycles. The third-order valence-corrected chi connectivity index (χ3v) is 3.78. The van der Waals surface area contributed by atoms with Crippen molar-refractivity contribution in [3.8, 4) is 5.75 Å². The van der Waals surface area contributed by atoms with Crippen LogP contribution in [0.2, 0.25) is 0 Å². The van der Waals surface area contributed by atoms with Crippen LogP contribution in [-0.4, -0.2) is 34.4 Å². The van der Waals surface area contributed by atoms with Crippen molar-refractivity contribution in [3.63, 3.8) is 0 Å². The zero-order chi connectivity index (χ0) is 15.5. The number of benzene rings is 1. The minimum atomic E-state index is -0.0921. The van der Waals surface area contributed by atoms with Crippen LogP contribution < -0.4 is 10.1 Å². The second-order valence-corrected chi connectivity index (χ2v) is 5.56. The summed E-state index contributed by atoms with van der Waals surface area (Å²) < 4.78 is 7.35. The maximum absolute atomic E-state index is 12.4. The fourth-order valence-electron chi connectivity index (χ4n) is 2.65. The third kappa shape index (κ3) is 3.05. The van der Waals surface area contributed by atoms with E-state index in [-0.39, 0.29) is 12.1 Å². The molecule has 1 aliphatic rings. The van der Waals surface area contributed by atoms with Crippen molar-refractivity contribution in [2.45, 2.75) is 19.0 Å². The van der Waals surface area contributed by atoms with Crippen molar-refractivity contribution in [2.24, 2.45) is 7.05 Å². The molecule has 0 spiro atoms. The molecule has 0 radical (unpaired) electrons. The number of para-hydroxylation sites is 1. The first-order valence-corrected chi connectivity index (χ1v) is 7.34. The van der Waals surface area contributed by atoms with Crippen molar-refractivity contribution in [1.29, 1.82) is 0 Å². The van der Waals surface area contributed by atoms with E-state index >= 15 is 0 Å². The van der Waals surface area contributed by atoms with Crippen molar-refractivity contribution in [2.75, 3.05) is 13.7 Å². The van der Waals surface area contributed by atoms with Crippen molar-refractivity contribution in [3.05, 3.63) is 47.8 Å². The van der Waals surface area contributed by atoms with Gasteiger partial charge in [-0.25, -0.2) is 4.79 Å². The summed E-state index contributed by atoms with van der Waals surface area (Å²) >= 11 is 0. The fraction of sp³-hybridized carbons (Fsp3) is 0.375. The van der Waals surface area contributed by atoms with E-state index in [1.165, 1.54) is 0 Å². The molecule has 6 heteroatoms. The summed E-state index contributed by atoms with van der Waals surface area (Å²) in [7, 11) is 3.65. The Hall–Kier alpha value is -2.50. The lowest BCUT2D eigenvalue weighted by Gasteiger charge is -2.28. The number of nitrogens with one attached hydrogen (secondary N) is 1. The van der Waals surface area contributed by atoms with Gasteiger partial charge in [0.05, 0.1) is 25.4 Å². The number of aryl methyl sites for hydroxylation is 1. The average molecular weight is 300 g/mol. The van der Waals surface area contributed by atoms with E-state index in [9.17, 15) is 4.79 Å². The Morgan fingerprint density at radius 3 is 3.09 bits per heavy atom. The molecule has 1 aliphatic heterocycles. The molecule has 0 unspecified atom stereocenters. The second-order valence-electron chi connectivity index (χ2n) is 5.56. The van der Waals surface area contributed by atoms with Gasteiger partial charge in [-0.2, -0.15) is 5.10 Å². The highest BCUT2D eigenvalue weighted by Crippen LogP contribution is 2.31. The Kier molecular flexibility index (Phi) is 4.00. The lowest BCUT2D eigenvalue weighted by atomic mass is 10.0. The van der Waals surface area contributed by atoms with Crippen LogP contribution in [0.3, 0.4) is 0 Å². The highest BCUT2D eigenvalue weighted by molar-refractivity contribution is 5.74. The second kappa shape index (κ2) is 6.09. The first-order valence-electron chi connectivity index (χ1n) is 7.34. The van der Waals surface area contributed by atoms with Gasteiger partial charge in [-0.3, -0.25) is 4.68 Å². The quantitative estimate of drug-likeness (QED) is 0.944. The molecule has 2 heterocycles. The van der Waals surface area contributed by atoms with Gasteiger partial charge in [0, 0.05) is 37.8 Å². The van der Waals surface area contributed by atoms with Crippen LogP contribution in [0.25, 0.3) is 0 Å². The van der Waals surface area contributed by atoms with Crippen LogP contribution in [0.4, 0.5) is 4.79 Å². The SMILES string of the molecule is CN(Cc1cnn(C)c1)C(=O)N[C@H]1CCOc2ccccc21. The molecule has 116 valence electrons. The molecular formula is C16H20N4O2. The number of fused-ring (bicyclic) bond motifs is 1. The van der Waals surface area contributed by atoms with Gasteiger partial charge in [-0.1, -0.05) is 18.2 Å². The number of nitrogens with zero attached hydrogens (tertiary/aromatic N) is 3. The zero-order valence-corrected chi connectivity index (χ0v) is 12.8. The Bertz CT molecular complexity index is 668. The van der Waals surface area contributed by atoms with E-state index in [4.69, 9.17) is 4.74 Å². The predicted molar refractivity (Wildman–Crippen MR) is 82.5 cm³/mol. The monoisotopic (exact) mass is 300 g/mol. The molecule has 0 bridgehead atoms. The molecule has 3 rings (SSSR count). The van der Waals surface area contributed by atoms with Crippen LogP contribution in [0.15, 0.2) is 36.7 Å². The number of carbonyl (C=O) groups is 1. The molecule has 0 saturated carbocycles. The number of rotatable bonds is 3. The minimum Gasteiger partial charge on any atom is -0.493 e. The topological polar surface area (TPSA) is 59.4 Å². The molecule has 2 amide bonds. The molecule has 22 heavy (non-hydrogen) atoms. The van der Waals surface area contributed by atoms with Gasteiger partial charge >= 0.3 is 6.03 Å². The van der Waals surface area contributed by atoms with Crippen LogP contribution in [0.5, 0.6) is 5.75 Å². The molecule has 1 aromatic heterocycles. The normalized spacial score (nSPS) is 16.5. The summed E-state index contributed by atoms with van der Waals surface area (Å²) in [6.45, 7) is 1.15. The predicted octanol–water partition coefficient (Wildman–Crippen LogP) is 2.09. The summed E-state index contributed by atoms with van der Waals surface area (Å²) in [5, 5.41) is 7.20. The summed E-state index contributed by atoms with van der Waals surface area (Å²) in [6.07, 6.45) is 4.46. The van der Waals surface area contributed by atoms with Crippen molar-refractivity contribution < 1.29 is 9.53 Å². The number of hydrogen-bond acceptors (Lipinski definition) is 3. The van der Waals surface area contributed by atoms with Crippen LogP contribution in [0, 0.1) is 0 Å². The van der Waals surface area contributed by atoms with E-state index in [0.717, 1.165) is 23.3 Å². The minimum absolute atomic E-state index is 0.00574. The molecule has 2 aromatic rings. The molecule has 1 atom stereocenters. The average Bonchev–Trinajstić information content (AvgIpc) is 2.92. The maximum atomic E-state index is 12.4. The fourth-order valence-corrected chi connectivity index (χ4v) is 2.65. The number of amides is 2. The highest BCUT2D eigenvalue weighted by Gasteiger charge is 2.23. The van der Waals surface area contributed by atoms with Crippen molar-refractivity contribution in [1.82, 2.24) is 20.0 Å². The van der Waals surface area contributed by atoms with Gasteiger partial charge in [0.2, 0.25) is 0 Å². The summed E-state index contributed by atoms with van der Waals surface area (Å²) in [5.74, 6) is 0.856. The van der Waals surface area contributed by atoms with E-state index in [0.29, 0.717) is 13.2 Å². The Morgan fingerprint density at radius 1 is 1.50 bits per heavy atom. The molecule has 1 N–H and O–H groups in total. The van der Waals surface area contributed by atoms with Gasteiger partial charge in [-0.15, -0.1) is 0 Å². The number of hydrogen-bond donors (Lipinski definition) is 1. The summed E-state index contributed by atoms with van der Waals surface area (Å²) in [4.78, 5) is 14.0. The van der Waals surface area contributed by atoms with E-state index in [1.54, 1.807) is 22.8 Å². The number of carbonyl (C=O) groups excluding carboxylic acids is 1. The Labute approximate surface area is 129 Å². The first kappa shape index (κ1) is 14.4. The lowest BCUT2D eigenvalue weighted by Crippen LogP contribution is -2.40. The van der Waals surface area contributed by atoms with E-state index in [2.05, 4.69) is 10.4 Å². The first-order chi connectivity index (χ1) is 10.6. The van der Waals surface area contributed by atoms with Gasteiger partial charge in [0.15, 0.2) is 0 Å². The highest BCUT2D eigenvalue weighted by atomic mass is 16.5. The molecular weight excluding hydrogens is 280 g/mol. The Morgan fingerprint density at radius 2 is 2.32 bits per heavy atom. The van der Waals surface area contributed by atoms with Gasteiger partial charge < -0.3 is 15.0 Å². The summed E-state index contributed by atoms with van der Waals surface area (Å²) in [6, 6.07) is 7.75. The molecule has 6 nitrogen and oxygen atoms in total. The van der Waals surface area contributed by atoms with Gasteiger partial charge in [0.25, 0.3) is 0 Å². The molecule has 0 aliphatic carbocycles.